The van der Waals surface area contributed by atoms with Crippen molar-refractivity contribution in [3.63, 3.8) is 0 Å². The maximum Gasteiger partial charge on any atom is 0.411 e. The second-order valence-electron chi connectivity index (χ2n) is 4.11. The number of ether oxygens (including phenoxy) is 2. The van der Waals surface area contributed by atoms with Gasteiger partial charge in [-0.2, -0.15) is 13.2 Å². The maximum atomic E-state index is 11.8. The van der Waals surface area contributed by atoms with Crippen LogP contribution in [0.1, 0.15) is 24.2 Å². The van der Waals surface area contributed by atoms with Gasteiger partial charge in [-0.05, 0) is 19.9 Å². The molecule has 1 aromatic rings. The summed E-state index contributed by atoms with van der Waals surface area (Å²) in [6, 6.07) is 1.42. The van der Waals surface area contributed by atoms with Gasteiger partial charge in [0.25, 0.3) is 0 Å². The van der Waals surface area contributed by atoms with Crippen LogP contribution in [0.25, 0.3) is 0 Å². The Labute approximate surface area is 108 Å². The third-order valence-corrected chi connectivity index (χ3v) is 1.91. The van der Waals surface area contributed by atoms with Crippen LogP contribution in [0.4, 0.5) is 13.2 Å². The van der Waals surface area contributed by atoms with E-state index >= 15 is 0 Å². The number of alkyl halides is 3. The summed E-state index contributed by atoms with van der Waals surface area (Å²) in [5.74, 6) is -0.192. The lowest BCUT2D eigenvalue weighted by atomic mass is 10.2. The Hall–Kier alpha value is -1.63. The number of carbonyl (C=O) groups is 1. The highest BCUT2D eigenvalue weighted by molar-refractivity contribution is 5.97. The molecule has 0 atom stereocenters. The van der Waals surface area contributed by atoms with E-state index in [1.165, 1.54) is 18.5 Å². The first-order valence-electron chi connectivity index (χ1n) is 5.57. The normalized spacial score (nSPS) is 11.7. The fourth-order valence-corrected chi connectivity index (χ4v) is 1.25. The van der Waals surface area contributed by atoms with Crippen LogP contribution >= 0.6 is 0 Å². The maximum absolute atomic E-state index is 11.8. The molecule has 0 aliphatic carbocycles. The van der Waals surface area contributed by atoms with Gasteiger partial charge in [-0.1, -0.05) is 0 Å². The van der Waals surface area contributed by atoms with E-state index in [1.807, 2.05) is 0 Å². The molecule has 106 valence electrons. The molecule has 1 heterocycles. The highest BCUT2D eigenvalue weighted by atomic mass is 19.4. The van der Waals surface area contributed by atoms with Crippen LogP contribution in [-0.2, 0) is 4.74 Å². The first kappa shape index (κ1) is 15.4. The summed E-state index contributed by atoms with van der Waals surface area (Å²) >= 11 is 0. The summed E-state index contributed by atoms with van der Waals surface area (Å²) in [5, 5.41) is 0. The molecule has 0 saturated heterocycles. The number of pyridine rings is 1. The van der Waals surface area contributed by atoms with E-state index in [2.05, 4.69) is 9.72 Å². The number of Topliss-reactive ketones (excluding diaryl/α,β-unsaturated/α-hetero) is 1. The van der Waals surface area contributed by atoms with E-state index in [9.17, 15) is 18.0 Å². The van der Waals surface area contributed by atoms with E-state index in [1.54, 1.807) is 13.8 Å². The van der Waals surface area contributed by atoms with Gasteiger partial charge in [0.2, 0.25) is 0 Å². The number of aromatic nitrogens is 1. The summed E-state index contributed by atoms with van der Waals surface area (Å²) in [5.41, 5.74) is 0.153. The minimum Gasteiger partial charge on any atom is -0.489 e. The zero-order chi connectivity index (χ0) is 14.5. The van der Waals surface area contributed by atoms with Crippen molar-refractivity contribution in [2.45, 2.75) is 26.1 Å². The standard InChI is InChI=1S/C12H14F3NO3/c1-8(2)19-10-3-9(4-16-5-10)11(17)6-18-7-12(13,14)15/h3-5,8H,6-7H2,1-2H3. The second-order valence-corrected chi connectivity index (χ2v) is 4.11. The molecule has 0 radical (unpaired) electrons. The van der Waals surface area contributed by atoms with Crippen molar-refractivity contribution < 1.29 is 27.4 Å². The number of hydrogen-bond donors (Lipinski definition) is 0. The lowest BCUT2D eigenvalue weighted by molar-refractivity contribution is -0.170. The predicted octanol–water partition coefficient (Wildman–Crippen LogP) is 2.63. The highest BCUT2D eigenvalue weighted by Gasteiger charge is 2.27. The van der Waals surface area contributed by atoms with Crippen LogP contribution in [0.15, 0.2) is 18.5 Å². The molecular formula is C12H14F3NO3. The Kier molecular flexibility index (Phi) is 5.29. The minimum atomic E-state index is -4.44. The summed E-state index contributed by atoms with van der Waals surface area (Å²) in [7, 11) is 0. The summed E-state index contributed by atoms with van der Waals surface area (Å²) in [6.07, 6.45) is -1.85. The second kappa shape index (κ2) is 6.51. The molecule has 0 fully saturated rings. The van der Waals surface area contributed by atoms with Gasteiger partial charge in [-0.15, -0.1) is 0 Å². The first-order valence-corrected chi connectivity index (χ1v) is 5.57. The Morgan fingerprint density at radius 3 is 2.63 bits per heavy atom. The Balaban J connectivity index is 2.57. The van der Waals surface area contributed by atoms with Gasteiger partial charge in [0, 0.05) is 11.8 Å². The summed E-state index contributed by atoms with van der Waals surface area (Å²) in [4.78, 5) is 15.4. The summed E-state index contributed by atoms with van der Waals surface area (Å²) in [6.45, 7) is 1.52. The van der Waals surface area contributed by atoms with Gasteiger partial charge in [-0.25, -0.2) is 0 Å². The molecule has 0 N–H and O–H groups in total. The zero-order valence-electron chi connectivity index (χ0n) is 10.5. The van der Waals surface area contributed by atoms with E-state index in [0.717, 1.165) is 0 Å². The van der Waals surface area contributed by atoms with Crippen LogP contribution in [0.2, 0.25) is 0 Å². The lowest BCUT2D eigenvalue weighted by Crippen LogP contribution is -2.20. The quantitative estimate of drug-likeness (QED) is 0.750. The van der Waals surface area contributed by atoms with Gasteiger partial charge in [0.1, 0.15) is 19.0 Å². The number of ketones is 1. The van der Waals surface area contributed by atoms with Crippen LogP contribution in [0, 0.1) is 0 Å². The molecule has 0 saturated carbocycles. The Morgan fingerprint density at radius 1 is 1.37 bits per heavy atom. The van der Waals surface area contributed by atoms with Gasteiger partial charge in [-0.3, -0.25) is 9.78 Å². The van der Waals surface area contributed by atoms with Crippen LogP contribution < -0.4 is 4.74 Å². The zero-order valence-corrected chi connectivity index (χ0v) is 10.5. The van der Waals surface area contributed by atoms with Crippen LogP contribution in [0.5, 0.6) is 5.75 Å². The number of halogens is 3. The Bertz CT molecular complexity index is 432. The van der Waals surface area contributed by atoms with E-state index < -0.39 is 25.2 Å². The molecule has 0 aromatic carbocycles. The summed E-state index contributed by atoms with van der Waals surface area (Å²) < 4.78 is 45.2. The average Bonchev–Trinajstić information content (AvgIpc) is 2.26. The fraction of sp³-hybridized carbons (Fsp3) is 0.500. The van der Waals surface area contributed by atoms with Crippen molar-refractivity contribution >= 4 is 5.78 Å². The molecule has 0 spiro atoms. The molecular weight excluding hydrogens is 263 g/mol. The highest BCUT2D eigenvalue weighted by Crippen LogP contribution is 2.16. The van der Waals surface area contributed by atoms with Crippen LogP contribution in [-0.4, -0.2) is 36.3 Å². The Morgan fingerprint density at radius 2 is 2.05 bits per heavy atom. The first-order chi connectivity index (χ1) is 8.78. The van der Waals surface area contributed by atoms with Gasteiger partial charge in [0.15, 0.2) is 5.78 Å². The van der Waals surface area contributed by atoms with E-state index in [-0.39, 0.29) is 11.7 Å². The van der Waals surface area contributed by atoms with Gasteiger partial charge < -0.3 is 9.47 Å². The number of nitrogens with zero attached hydrogens (tertiary/aromatic N) is 1. The van der Waals surface area contributed by atoms with Crippen LogP contribution in [0.3, 0.4) is 0 Å². The van der Waals surface area contributed by atoms with Crippen molar-refractivity contribution in [1.82, 2.24) is 4.98 Å². The minimum absolute atomic E-state index is 0.0892. The predicted molar refractivity (Wildman–Crippen MR) is 61.2 cm³/mol. The van der Waals surface area contributed by atoms with Crippen molar-refractivity contribution in [3.8, 4) is 5.75 Å². The topological polar surface area (TPSA) is 48.4 Å². The van der Waals surface area contributed by atoms with Crippen molar-refractivity contribution in [1.29, 1.82) is 0 Å². The molecule has 1 aromatic heterocycles. The van der Waals surface area contributed by atoms with Gasteiger partial charge in [0.05, 0.1) is 12.3 Å². The number of hydrogen-bond acceptors (Lipinski definition) is 4. The largest absolute Gasteiger partial charge is 0.489 e. The third kappa shape index (κ3) is 6.19. The molecule has 19 heavy (non-hydrogen) atoms. The number of carbonyl (C=O) groups excluding carboxylic acids is 1. The monoisotopic (exact) mass is 277 g/mol. The van der Waals surface area contributed by atoms with Crippen molar-refractivity contribution in [3.05, 3.63) is 24.0 Å². The molecule has 0 aliphatic heterocycles. The molecule has 0 amide bonds. The number of rotatable bonds is 6. The lowest BCUT2D eigenvalue weighted by Gasteiger charge is -2.10. The average molecular weight is 277 g/mol. The van der Waals surface area contributed by atoms with Crippen molar-refractivity contribution in [2.75, 3.05) is 13.2 Å². The molecule has 0 bridgehead atoms. The third-order valence-electron chi connectivity index (χ3n) is 1.91. The molecule has 0 unspecified atom stereocenters. The SMILES string of the molecule is CC(C)Oc1cncc(C(=O)COCC(F)(F)F)c1. The molecule has 4 nitrogen and oxygen atoms in total. The van der Waals surface area contributed by atoms with E-state index in [0.29, 0.717) is 5.75 Å². The van der Waals surface area contributed by atoms with E-state index in [4.69, 9.17) is 4.74 Å². The smallest absolute Gasteiger partial charge is 0.411 e. The molecule has 7 heteroatoms. The molecule has 0 aliphatic rings. The fourth-order valence-electron chi connectivity index (χ4n) is 1.25. The van der Waals surface area contributed by atoms with Gasteiger partial charge >= 0.3 is 6.18 Å². The van der Waals surface area contributed by atoms with Crippen molar-refractivity contribution in [2.24, 2.45) is 0 Å². The molecule has 1 rings (SSSR count).